The zero-order valence-corrected chi connectivity index (χ0v) is 6.32. The Balaban J connectivity index is 2.42. The summed E-state index contributed by atoms with van der Waals surface area (Å²) >= 11 is 0. The minimum absolute atomic E-state index is 0.133. The number of rotatable bonds is 2. The minimum atomic E-state index is -0.527. The molecule has 1 fully saturated rings. The van der Waals surface area contributed by atoms with E-state index < -0.39 is 6.10 Å². The standard InChI is InChI=1S/C8H12O3/c1-2-3-7-4-6(9)5-8(10)11-7/h2,6-7,9H,1,3-5H2. The van der Waals surface area contributed by atoms with E-state index in [-0.39, 0.29) is 18.5 Å². The molecule has 0 bridgehead atoms. The van der Waals surface area contributed by atoms with E-state index >= 15 is 0 Å². The number of aliphatic hydroxyl groups excluding tert-OH is 1. The Morgan fingerprint density at radius 3 is 3.09 bits per heavy atom. The van der Waals surface area contributed by atoms with Crippen molar-refractivity contribution in [3.8, 4) is 0 Å². The number of ether oxygens (including phenoxy) is 1. The molecule has 1 aliphatic heterocycles. The molecule has 2 atom stereocenters. The molecule has 0 radical (unpaired) electrons. The summed E-state index contributed by atoms with van der Waals surface area (Å²) in [5, 5.41) is 9.14. The fourth-order valence-corrected chi connectivity index (χ4v) is 1.19. The second-order valence-corrected chi connectivity index (χ2v) is 2.73. The zero-order chi connectivity index (χ0) is 8.27. The van der Waals surface area contributed by atoms with Crippen LogP contribution in [0.2, 0.25) is 0 Å². The third-order valence-electron chi connectivity index (χ3n) is 1.66. The van der Waals surface area contributed by atoms with Gasteiger partial charge in [-0.05, 0) is 0 Å². The summed E-state index contributed by atoms with van der Waals surface area (Å²) < 4.78 is 4.93. The predicted molar refractivity (Wildman–Crippen MR) is 39.9 cm³/mol. The van der Waals surface area contributed by atoms with Crippen molar-refractivity contribution in [1.82, 2.24) is 0 Å². The normalized spacial score (nSPS) is 31.2. The van der Waals surface area contributed by atoms with Gasteiger partial charge in [0, 0.05) is 12.8 Å². The topological polar surface area (TPSA) is 46.5 Å². The molecular weight excluding hydrogens is 144 g/mol. The number of hydrogen-bond donors (Lipinski definition) is 1. The van der Waals surface area contributed by atoms with Crippen LogP contribution in [-0.4, -0.2) is 23.3 Å². The lowest BCUT2D eigenvalue weighted by molar-refractivity contribution is -0.159. The van der Waals surface area contributed by atoms with Crippen molar-refractivity contribution in [2.45, 2.75) is 31.5 Å². The highest BCUT2D eigenvalue weighted by molar-refractivity contribution is 5.70. The van der Waals surface area contributed by atoms with Gasteiger partial charge in [-0.25, -0.2) is 0 Å². The third-order valence-corrected chi connectivity index (χ3v) is 1.66. The van der Waals surface area contributed by atoms with E-state index in [9.17, 15) is 4.79 Å². The van der Waals surface area contributed by atoms with Gasteiger partial charge in [-0.15, -0.1) is 6.58 Å². The van der Waals surface area contributed by atoms with Crippen LogP contribution in [0.15, 0.2) is 12.7 Å². The van der Waals surface area contributed by atoms with Crippen LogP contribution in [-0.2, 0) is 9.53 Å². The van der Waals surface area contributed by atoms with Crippen LogP contribution in [0.3, 0.4) is 0 Å². The van der Waals surface area contributed by atoms with Gasteiger partial charge < -0.3 is 9.84 Å². The van der Waals surface area contributed by atoms with E-state index in [4.69, 9.17) is 9.84 Å². The predicted octanol–water partition coefficient (Wildman–Crippen LogP) is 0.629. The van der Waals surface area contributed by atoms with E-state index in [2.05, 4.69) is 6.58 Å². The molecule has 0 aromatic rings. The number of cyclic esters (lactones) is 1. The molecule has 0 aromatic heterocycles. The van der Waals surface area contributed by atoms with Crippen LogP contribution < -0.4 is 0 Å². The number of carbonyl (C=O) groups is 1. The molecule has 1 N–H and O–H groups in total. The average Bonchev–Trinajstić information content (AvgIpc) is 1.85. The Morgan fingerprint density at radius 2 is 2.55 bits per heavy atom. The van der Waals surface area contributed by atoms with Crippen molar-refractivity contribution in [2.75, 3.05) is 0 Å². The Labute approximate surface area is 65.7 Å². The third kappa shape index (κ3) is 2.35. The fraction of sp³-hybridized carbons (Fsp3) is 0.625. The van der Waals surface area contributed by atoms with Crippen LogP contribution in [0.1, 0.15) is 19.3 Å². The molecule has 0 amide bonds. The summed E-state index contributed by atoms with van der Waals surface area (Å²) in [5.41, 5.74) is 0. The second-order valence-electron chi connectivity index (χ2n) is 2.73. The summed E-state index contributed by atoms with van der Waals surface area (Å²) in [4.78, 5) is 10.7. The molecule has 62 valence electrons. The molecule has 1 rings (SSSR count). The largest absolute Gasteiger partial charge is 0.462 e. The van der Waals surface area contributed by atoms with Crippen LogP contribution >= 0.6 is 0 Å². The first-order chi connectivity index (χ1) is 5.22. The van der Waals surface area contributed by atoms with E-state index in [1.165, 1.54) is 0 Å². The van der Waals surface area contributed by atoms with Crippen LogP contribution in [0, 0.1) is 0 Å². The van der Waals surface area contributed by atoms with Crippen molar-refractivity contribution >= 4 is 5.97 Å². The van der Waals surface area contributed by atoms with Gasteiger partial charge in [0.05, 0.1) is 12.5 Å². The summed E-state index contributed by atoms with van der Waals surface area (Å²) in [6.45, 7) is 3.53. The Morgan fingerprint density at radius 1 is 1.82 bits per heavy atom. The van der Waals surface area contributed by atoms with Crippen molar-refractivity contribution in [3.05, 3.63) is 12.7 Å². The lowest BCUT2D eigenvalue weighted by atomic mass is 10.0. The molecule has 0 aromatic carbocycles. The summed E-state index contributed by atoms with van der Waals surface area (Å²) in [5.74, 6) is -0.310. The van der Waals surface area contributed by atoms with E-state index in [1.807, 2.05) is 0 Å². The molecular formula is C8H12O3. The van der Waals surface area contributed by atoms with Gasteiger partial charge >= 0.3 is 5.97 Å². The molecule has 1 aliphatic rings. The van der Waals surface area contributed by atoms with Gasteiger partial charge in [0.15, 0.2) is 0 Å². The highest BCUT2D eigenvalue weighted by Gasteiger charge is 2.25. The Bertz CT molecular complexity index is 165. The van der Waals surface area contributed by atoms with Crippen molar-refractivity contribution in [2.24, 2.45) is 0 Å². The summed E-state index contributed by atoms with van der Waals surface area (Å²) in [7, 11) is 0. The first-order valence-electron chi connectivity index (χ1n) is 3.71. The monoisotopic (exact) mass is 156 g/mol. The van der Waals surface area contributed by atoms with Crippen molar-refractivity contribution < 1.29 is 14.6 Å². The lowest BCUT2D eigenvalue weighted by Crippen LogP contribution is -2.32. The lowest BCUT2D eigenvalue weighted by Gasteiger charge is -2.24. The van der Waals surface area contributed by atoms with Gasteiger partial charge in [0.2, 0.25) is 0 Å². The summed E-state index contributed by atoms with van der Waals surface area (Å²) in [6, 6.07) is 0. The van der Waals surface area contributed by atoms with E-state index in [0.29, 0.717) is 12.8 Å². The molecule has 1 saturated heterocycles. The average molecular weight is 156 g/mol. The van der Waals surface area contributed by atoms with Gasteiger partial charge in [-0.3, -0.25) is 4.79 Å². The van der Waals surface area contributed by atoms with Gasteiger partial charge in [-0.2, -0.15) is 0 Å². The maximum atomic E-state index is 10.7. The molecule has 11 heavy (non-hydrogen) atoms. The Hall–Kier alpha value is -0.830. The quantitative estimate of drug-likeness (QED) is 0.471. The molecule has 3 nitrogen and oxygen atoms in total. The summed E-state index contributed by atoms with van der Waals surface area (Å²) in [6.07, 6.45) is 2.30. The number of esters is 1. The highest BCUT2D eigenvalue weighted by atomic mass is 16.5. The smallest absolute Gasteiger partial charge is 0.308 e. The molecule has 0 aliphatic carbocycles. The maximum absolute atomic E-state index is 10.7. The first kappa shape index (κ1) is 8.27. The van der Waals surface area contributed by atoms with Crippen molar-refractivity contribution in [1.29, 1.82) is 0 Å². The van der Waals surface area contributed by atoms with Crippen LogP contribution in [0.25, 0.3) is 0 Å². The number of aliphatic hydroxyl groups is 1. The Kier molecular flexibility index (Phi) is 2.65. The second kappa shape index (κ2) is 3.53. The van der Waals surface area contributed by atoms with Gasteiger partial charge in [0.25, 0.3) is 0 Å². The molecule has 2 unspecified atom stereocenters. The SMILES string of the molecule is C=CCC1CC(O)CC(=O)O1. The fourth-order valence-electron chi connectivity index (χ4n) is 1.19. The molecule has 3 heteroatoms. The van der Waals surface area contributed by atoms with Crippen LogP contribution in [0.5, 0.6) is 0 Å². The number of carbonyl (C=O) groups excluding carboxylic acids is 1. The van der Waals surface area contributed by atoms with E-state index in [1.54, 1.807) is 6.08 Å². The number of hydrogen-bond acceptors (Lipinski definition) is 3. The highest BCUT2D eigenvalue weighted by Crippen LogP contribution is 2.17. The minimum Gasteiger partial charge on any atom is -0.462 e. The zero-order valence-electron chi connectivity index (χ0n) is 6.32. The maximum Gasteiger partial charge on any atom is 0.308 e. The van der Waals surface area contributed by atoms with Crippen LogP contribution in [0.4, 0.5) is 0 Å². The van der Waals surface area contributed by atoms with Gasteiger partial charge in [0.1, 0.15) is 6.10 Å². The van der Waals surface area contributed by atoms with E-state index in [0.717, 1.165) is 0 Å². The van der Waals surface area contributed by atoms with Gasteiger partial charge in [-0.1, -0.05) is 6.08 Å². The van der Waals surface area contributed by atoms with Crippen molar-refractivity contribution in [3.63, 3.8) is 0 Å². The molecule has 0 saturated carbocycles. The molecule has 0 spiro atoms. The first-order valence-corrected chi connectivity index (χ1v) is 3.71. The molecule has 1 heterocycles.